The second-order valence-corrected chi connectivity index (χ2v) is 16.3. The van der Waals surface area contributed by atoms with Crippen LogP contribution in [0.15, 0.2) is 84.7 Å². The summed E-state index contributed by atoms with van der Waals surface area (Å²) in [6, 6.07) is 13.0. The Morgan fingerprint density at radius 3 is 2.42 bits per heavy atom. The first-order valence-corrected chi connectivity index (χ1v) is 16.8. The number of halogens is 2. The molecule has 5 rings (SSSR count). The van der Waals surface area contributed by atoms with Crippen LogP contribution < -0.4 is 4.74 Å². The summed E-state index contributed by atoms with van der Waals surface area (Å²) in [6.45, 7) is 8.17. The van der Waals surface area contributed by atoms with Crippen molar-refractivity contribution in [3.05, 3.63) is 107 Å². The molecule has 43 heavy (non-hydrogen) atoms. The number of rotatable bonds is 8. The maximum atomic E-state index is 14.6. The Labute approximate surface area is 250 Å². The lowest BCUT2D eigenvalue weighted by Gasteiger charge is -2.33. The van der Waals surface area contributed by atoms with Gasteiger partial charge in [0.1, 0.15) is 16.3 Å². The van der Waals surface area contributed by atoms with Crippen molar-refractivity contribution in [2.24, 2.45) is 0 Å². The van der Waals surface area contributed by atoms with E-state index in [2.05, 4.69) is 4.98 Å². The number of benzene rings is 2. The number of hydrogen-bond acceptors (Lipinski definition) is 6. The lowest BCUT2D eigenvalue weighted by Crippen LogP contribution is -2.41. The van der Waals surface area contributed by atoms with Crippen LogP contribution in [0.5, 0.6) is 11.5 Å². The van der Waals surface area contributed by atoms with Crippen molar-refractivity contribution in [3.8, 4) is 11.5 Å². The minimum absolute atomic E-state index is 0.0742. The highest BCUT2D eigenvalue weighted by Gasteiger charge is 2.44. The largest absolute Gasteiger partial charge is 0.454 e. The average Bonchev–Trinajstić information content (AvgIpc) is 3.41. The highest BCUT2D eigenvalue weighted by Crippen LogP contribution is 2.43. The Morgan fingerprint density at radius 1 is 1.02 bits per heavy atom. The van der Waals surface area contributed by atoms with Crippen LogP contribution in [0, 0.1) is 11.6 Å². The molecule has 1 unspecified atom stereocenters. The third kappa shape index (κ3) is 5.08. The van der Waals surface area contributed by atoms with Crippen molar-refractivity contribution in [1.29, 1.82) is 0 Å². The number of aromatic nitrogens is 2. The van der Waals surface area contributed by atoms with Crippen LogP contribution in [0.3, 0.4) is 0 Å². The number of pyridine rings is 1. The van der Waals surface area contributed by atoms with Gasteiger partial charge in [-0.05, 0) is 93.3 Å². The molecule has 0 aliphatic heterocycles. The van der Waals surface area contributed by atoms with Crippen molar-refractivity contribution < 1.29 is 30.4 Å². The zero-order valence-electron chi connectivity index (χ0n) is 24.4. The quantitative estimate of drug-likeness (QED) is 0.206. The minimum atomic E-state index is -3.98. The zero-order chi connectivity index (χ0) is 31.4. The van der Waals surface area contributed by atoms with Gasteiger partial charge >= 0.3 is 0 Å². The van der Waals surface area contributed by atoms with E-state index in [-0.39, 0.29) is 23.7 Å². The molecule has 2 aromatic carbocycles. The highest BCUT2D eigenvalue weighted by atomic mass is 32.2. The fourth-order valence-electron chi connectivity index (χ4n) is 5.20. The SMILES string of the molecule is CCS(=O)(=O)C(C)(C)c1ccc(Oc2ccc(F)cc2F)c(C2=CCC(C)(S(=O)(=O)n3ccc4cccnc43)C(C)=C2)c1. The van der Waals surface area contributed by atoms with E-state index in [0.29, 0.717) is 39.4 Å². The normalized spacial score (nSPS) is 17.9. The molecular formula is C32H32F2N2O5S2. The molecule has 2 aromatic heterocycles. The molecular weight excluding hydrogens is 594 g/mol. The van der Waals surface area contributed by atoms with Gasteiger partial charge in [0.25, 0.3) is 0 Å². The van der Waals surface area contributed by atoms with Gasteiger partial charge in [-0.1, -0.05) is 25.1 Å². The maximum Gasteiger partial charge on any atom is 0.249 e. The predicted molar refractivity (Wildman–Crippen MR) is 164 cm³/mol. The summed E-state index contributed by atoms with van der Waals surface area (Å²) in [5, 5.41) is 0.694. The molecule has 11 heteroatoms. The molecule has 1 aliphatic carbocycles. The lowest BCUT2D eigenvalue weighted by atomic mass is 9.86. The number of fused-ring (bicyclic) bond motifs is 1. The maximum absolute atomic E-state index is 14.6. The summed E-state index contributed by atoms with van der Waals surface area (Å²) in [5.74, 6) is -1.75. The van der Waals surface area contributed by atoms with Gasteiger partial charge in [-0.25, -0.2) is 34.6 Å². The standard InChI is InChI=1S/C32H32F2N2O5S2/c1-6-42(37,38)31(3,4)24-9-11-28(41-29-12-10-25(33)20-27(29)34)26(19-24)23-13-15-32(5,21(2)18-23)43(39,40)36-17-14-22-8-7-16-35-30(22)36/h7-14,16-20H,6,15H2,1-5H3. The van der Waals surface area contributed by atoms with Gasteiger partial charge in [-0.15, -0.1) is 0 Å². The summed E-state index contributed by atoms with van der Waals surface area (Å²) < 4.78 is 86.7. The molecule has 0 fully saturated rings. The van der Waals surface area contributed by atoms with E-state index >= 15 is 0 Å². The number of hydrogen-bond donors (Lipinski definition) is 0. The van der Waals surface area contributed by atoms with E-state index in [4.69, 9.17) is 4.74 Å². The van der Waals surface area contributed by atoms with E-state index in [1.807, 2.05) is 0 Å². The first-order chi connectivity index (χ1) is 20.1. The summed E-state index contributed by atoms with van der Waals surface area (Å²) >= 11 is 0. The number of allylic oxidation sites excluding steroid dienone is 3. The van der Waals surface area contributed by atoms with Crippen LogP contribution in [0.2, 0.25) is 0 Å². The molecule has 2 heterocycles. The van der Waals surface area contributed by atoms with Crippen molar-refractivity contribution in [3.63, 3.8) is 0 Å². The summed E-state index contributed by atoms with van der Waals surface area (Å²) in [4.78, 5) is 4.27. The molecule has 4 aromatic rings. The van der Waals surface area contributed by atoms with Gasteiger partial charge in [-0.3, -0.25) is 0 Å². The van der Waals surface area contributed by atoms with Gasteiger partial charge in [0.05, 0.1) is 4.75 Å². The van der Waals surface area contributed by atoms with E-state index < -0.39 is 41.0 Å². The monoisotopic (exact) mass is 626 g/mol. The van der Waals surface area contributed by atoms with Crippen LogP contribution in [-0.4, -0.2) is 36.3 Å². The molecule has 7 nitrogen and oxygen atoms in total. The van der Waals surface area contributed by atoms with Crippen molar-refractivity contribution >= 4 is 36.5 Å². The van der Waals surface area contributed by atoms with Crippen molar-refractivity contribution in [2.45, 2.75) is 50.5 Å². The van der Waals surface area contributed by atoms with Gasteiger partial charge in [0.2, 0.25) is 10.0 Å². The molecule has 0 saturated heterocycles. The number of nitrogens with zero attached hydrogens (tertiary/aromatic N) is 2. The van der Waals surface area contributed by atoms with Crippen molar-refractivity contribution in [2.75, 3.05) is 5.75 Å². The second-order valence-electron chi connectivity index (χ2n) is 11.3. The third-order valence-electron chi connectivity index (χ3n) is 8.42. The summed E-state index contributed by atoms with van der Waals surface area (Å²) in [7, 11) is -7.52. The summed E-state index contributed by atoms with van der Waals surface area (Å²) in [6.07, 6.45) is 6.59. The van der Waals surface area contributed by atoms with Crippen LogP contribution in [-0.2, 0) is 24.6 Å². The minimum Gasteiger partial charge on any atom is -0.454 e. The fraction of sp³-hybridized carbons (Fsp3) is 0.281. The zero-order valence-corrected chi connectivity index (χ0v) is 26.1. The predicted octanol–water partition coefficient (Wildman–Crippen LogP) is 7.15. The highest BCUT2D eigenvalue weighted by molar-refractivity contribution is 7.92. The molecule has 0 amide bonds. The third-order valence-corrected chi connectivity index (χ3v) is 13.4. The molecule has 0 N–H and O–H groups in total. The molecule has 0 radical (unpaired) electrons. The van der Waals surface area contributed by atoms with Crippen molar-refractivity contribution in [1.82, 2.24) is 8.96 Å². The number of sulfone groups is 1. The second kappa shape index (κ2) is 10.7. The molecule has 0 saturated carbocycles. The van der Waals surface area contributed by atoms with Gasteiger partial charge in [-0.2, -0.15) is 0 Å². The first-order valence-electron chi connectivity index (χ1n) is 13.7. The Hall–Kier alpha value is -3.83. The van der Waals surface area contributed by atoms with E-state index in [0.717, 1.165) is 6.07 Å². The van der Waals surface area contributed by atoms with Gasteiger partial charge in [0.15, 0.2) is 27.1 Å². The number of ether oxygens (including phenoxy) is 1. The van der Waals surface area contributed by atoms with Gasteiger partial charge < -0.3 is 4.74 Å². The smallest absolute Gasteiger partial charge is 0.249 e. The van der Waals surface area contributed by atoms with E-state index in [9.17, 15) is 25.6 Å². The molecule has 1 atom stereocenters. The fourth-order valence-corrected chi connectivity index (χ4v) is 8.20. The molecule has 0 bridgehead atoms. The van der Waals surface area contributed by atoms with Crippen LogP contribution in [0.25, 0.3) is 16.6 Å². The van der Waals surface area contributed by atoms with E-state index in [1.165, 1.54) is 22.4 Å². The summed E-state index contributed by atoms with van der Waals surface area (Å²) in [5.41, 5.74) is 2.36. The molecule has 226 valence electrons. The Balaban J connectivity index is 1.61. The lowest BCUT2D eigenvalue weighted by molar-refractivity contribution is 0.436. The average molecular weight is 627 g/mol. The van der Waals surface area contributed by atoms with Crippen LogP contribution >= 0.6 is 0 Å². The Morgan fingerprint density at radius 2 is 1.74 bits per heavy atom. The van der Waals surface area contributed by atoms with E-state index in [1.54, 1.807) is 83.2 Å². The Kier molecular flexibility index (Phi) is 7.63. The molecule has 1 aliphatic rings. The van der Waals surface area contributed by atoms with Crippen LogP contribution in [0.1, 0.15) is 52.2 Å². The topological polar surface area (TPSA) is 95.3 Å². The molecule has 0 spiro atoms. The Bertz CT molecular complexity index is 2030. The first kappa shape index (κ1) is 30.6. The van der Waals surface area contributed by atoms with Crippen LogP contribution in [0.4, 0.5) is 8.78 Å². The van der Waals surface area contributed by atoms with Gasteiger partial charge in [0, 0.05) is 35.2 Å².